The summed E-state index contributed by atoms with van der Waals surface area (Å²) in [5.74, 6) is 0.301. The van der Waals surface area contributed by atoms with Gasteiger partial charge in [0.25, 0.3) is 0 Å². The number of carbonyl (C=O) groups excluding carboxylic acids is 1. The number of nitrogens with one attached hydrogen (secondary N) is 3. The summed E-state index contributed by atoms with van der Waals surface area (Å²) in [4.78, 5) is 25.3. The molecule has 0 saturated carbocycles. The fourth-order valence-electron chi connectivity index (χ4n) is 1.69. The lowest BCUT2D eigenvalue weighted by molar-refractivity contribution is -0.131. The van der Waals surface area contributed by atoms with E-state index in [0.29, 0.717) is 25.2 Å². The molecule has 0 saturated heterocycles. The minimum Gasteiger partial charge on any atom is -0.348 e. The number of nitrogens with zero attached hydrogens (tertiary/aromatic N) is 1. The summed E-state index contributed by atoms with van der Waals surface area (Å²) in [6, 6.07) is 0. The second kappa shape index (κ2) is 7.17. The smallest absolute Gasteiger partial charge is 0.340 e. The first-order valence-corrected chi connectivity index (χ1v) is 5.70. The van der Waals surface area contributed by atoms with Gasteiger partial charge in [-0.3, -0.25) is 9.78 Å². The number of rotatable bonds is 6. The number of aromatic nitrogens is 3. The van der Waals surface area contributed by atoms with E-state index in [2.05, 4.69) is 20.5 Å². The molecule has 0 aliphatic rings. The summed E-state index contributed by atoms with van der Waals surface area (Å²) in [6.07, 6.45) is 1.37. The fourth-order valence-corrected chi connectivity index (χ4v) is 1.69. The highest BCUT2D eigenvalue weighted by atomic mass is 35.5. The topological polar surface area (TPSA) is 117 Å². The number of hydrogen-bond acceptors (Lipinski definition) is 4. The molecule has 0 fully saturated rings. The molecule has 1 rings (SSSR count). The van der Waals surface area contributed by atoms with E-state index >= 15 is 0 Å². The normalized spacial score (nSPS) is 10.8. The lowest BCUT2D eigenvalue weighted by atomic mass is 9.81. The monoisotopic (exact) mass is 277 g/mol. The van der Waals surface area contributed by atoms with E-state index in [-0.39, 0.29) is 30.5 Å². The summed E-state index contributed by atoms with van der Waals surface area (Å²) in [5, 5.41) is 8.68. The zero-order chi connectivity index (χ0) is 12.9. The van der Waals surface area contributed by atoms with Crippen LogP contribution < -0.4 is 16.7 Å². The second-order valence-electron chi connectivity index (χ2n) is 4.00. The van der Waals surface area contributed by atoms with Crippen LogP contribution in [0.3, 0.4) is 0 Å². The van der Waals surface area contributed by atoms with Crippen molar-refractivity contribution >= 4 is 18.3 Å². The van der Waals surface area contributed by atoms with Crippen LogP contribution in [0.2, 0.25) is 0 Å². The Morgan fingerprint density at radius 2 is 2.06 bits per heavy atom. The maximum atomic E-state index is 12.0. The molecule has 104 valence electrons. The molecule has 0 aliphatic heterocycles. The summed E-state index contributed by atoms with van der Waals surface area (Å²) in [6.45, 7) is 4.38. The van der Waals surface area contributed by atoms with Crippen molar-refractivity contribution in [1.29, 1.82) is 0 Å². The van der Waals surface area contributed by atoms with E-state index in [0.717, 1.165) is 0 Å². The maximum absolute atomic E-state index is 12.0. The summed E-state index contributed by atoms with van der Waals surface area (Å²) in [5.41, 5.74) is 4.75. The van der Waals surface area contributed by atoms with Gasteiger partial charge >= 0.3 is 5.69 Å². The largest absolute Gasteiger partial charge is 0.348 e. The van der Waals surface area contributed by atoms with E-state index < -0.39 is 5.41 Å². The molecule has 0 unspecified atom stereocenters. The predicted molar refractivity (Wildman–Crippen MR) is 70.4 cm³/mol. The SMILES string of the molecule is CCC(CC)(CN)C(=O)NCc1n[nH]c(=O)[nH]1.Cl. The Balaban J connectivity index is 0.00000289. The molecule has 7 nitrogen and oxygen atoms in total. The highest BCUT2D eigenvalue weighted by molar-refractivity contribution is 5.85. The molecule has 8 heteroatoms. The number of amides is 1. The standard InChI is InChI=1S/C10H19N5O2.ClH/c1-3-10(4-2,6-11)8(16)12-5-7-13-9(17)15-14-7;/h3-6,11H2,1-2H3,(H,12,16)(H2,13,14,15,17);1H. The molecule has 1 aromatic heterocycles. The van der Waals surface area contributed by atoms with Gasteiger partial charge in [-0.2, -0.15) is 5.10 Å². The molecule has 0 aliphatic carbocycles. The van der Waals surface area contributed by atoms with E-state index in [1.54, 1.807) is 0 Å². The molecule has 0 aromatic carbocycles. The molecule has 0 bridgehead atoms. The minimum atomic E-state index is -0.531. The minimum absolute atomic E-state index is 0. The third kappa shape index (κ3) is 3.58. The molecule has 0 radical (unpaired) electrons. The highest BCUT2D eigenvalue weighted by Crippen LogP contribution is 2.24. The van der Waals surface area contributed by atoms with Crippen molar-refractivity contribution in [3.05, 3.63) is 16.3 Å². The first-order valence-electron chi connectivity index (χ1n) is 5.70. The van der Waals surface area contributed by atoms with Crippen LogP contribution in [0.5, 0.6) is 0 Å². The maximum Gasteiger partial charge on any atom is 0.340 e. The van der Waals surface area contributed by atoms with Crippen LogP contribution in [0.25, 0.3) is 0 Å². The van der Waals surface area contributed by atoms with Gasteiger partial charge in [-0.25, -0.2) is 9.89 Å². The Labute approximate surface area is 111 Å². The summed E-state index contributed by atoms with van der Waals surface area (Å²) >= 11 is 0. The van der Waals surface area contributed by atoms with Crippen LogP contribution in [0.1, 0.15) is 32.5 Å². The van der Waals surface area contributed by atoms with Crippen molar-refractivity contribution in [1.82, 2.24) is 20.5 Å². The van der Waals surface area contributed by atoms with Crippen LogP contribution in [0.4, 0.5) is 0 Å². The van der Waals surface area contributed by atoms with E-state index in [1.807, 2.05) is 13.8 Å². The van der Waals surface area contributed by atoms with Gasteiger partial charge in [0, 0.05) is 6.54 Å². The van der Waals surface area contributed by atoms with E-state index in [4.69, 9.17) is 5.73 Å². The molecule has 1 heterocycles. The summed E-state index contributed by atoms with van der Waals surface area (Å²) < 4.78 is 0. The first kappa shape index (κ1) is 16.7. The Hall–Kier alpha value is -1.34. The lowest BCUT2D eigenvalue weighted by Crippen LogP contribution is -2.45. The third-order valence-electron chi connectivity index (χ3n) is 3.19. The van der Waals surface area contributed by atoms with Crippen molar-refractivity contribution in [3.63, 3.8) is 0 Å². The number of carbonyl (C=O) groups is 1. The van der Waals surface area contributed by atoms with E-state index in [1.165, 1.54) is 0 Å². The van der Waals surface area contributed by atoms with Crippen molar-refractivity contribution < 1.29 is 4.79 Å². The zero-order valence-corrected chi connectivity index (χ0v) is 11.4. The third-order valence-corrected chi connectivity index (χ3v) is 3.19. The van der Waals surface area contributed by atoms with Gasteiger partial charge in [-0.1, -0.05) is 13.8 Å². The quantitative estimate of drug-likeness (QED) is 0.581. The average molecular weight is 278 g/mol. The highest BCUT2D eigenvalue weighted by Gasteiger charge is 2.33. The van der Waals surface area contributed by atoms with Crippen LogP contribution >= 0.6 is 12.4 Å². The van der Waals surface area contributed by atoms with Gasteiger partial charge in [-0.15, -0.1) is 12.4 Å². The molecule has 0 spiro atoms. The van der Waals surface area contributed by atoms with Crippen LogP contribution in [-0.4, -0.2) is 27.6 Å². The molecular weight excluding hydrogens is 258 g/mol. The Bertz CT molecular complexity index is 416. The molecule has 0 atom stereocenters. The zero-order valence-electron chi connectivity index (χ0n) is 10.6. The number of halogens is 1. The Morgan fingerprint density at radius 1 is 1.44 bits per heavy atom. The van der Waals surface area contributed by atoms with Crippen molar-refractivity contribution in [3.8, 4) is 0 Å². The molecule has 1 amide bonds. The van der Waals surface area contributed by atoms with Crippen molar-refractivity contribution in [2.45, 2.75) is 33.2 Å². The summed E-state index contributed by atoms with van der Waals surface area (Å²) in [7, 11) is 0. The van der Waals surface area contributed by atoms with Gasteiger partial charge in [0.2, 0.25) is 5.91 Å². The van der Waals surface area contributed by atoms with Gasteiger partial charge < -0.3 is 11.1 Å². The number of nitrogens with two attached hydrogens (primary N) is 1. The van der Waals surface area contributed by atoms with Crippen molar-refractivity contribution in [2.24, 2.45) is 11.1 Å². The lowest BCUT2D eigenvalue weighted by Gasteiger charge is -2.28. The average Bonchev–Trinajstić information content (AvgIpc) is 2.75. The van der Waals surface area contributed by atoms with Gasteiger partial charge in [0.15, 0.2) is 0 Å². The molecule has 1 aromatic rings. The Kier molecular flexibility index (Phi) is 6.64. The predicted octanol–water partition coefficient (Wildman–Crippen LogP) is -0.0989. The van der Waals surface area contributed by atoms with Crippen molar-refractivity contribution in [2.75, 3.05) is 6.54 Å². The second-order valence-corrected chi connectivity index (χ2v) is 4.00. The Morgan fingerprint density at radius 3 is 2.44 bits per heavy atom. The number of aromatic amines is 2. The van der Waals surface area contributed by atoms with Crippen LogP contribution in [0.15, 0.2) is 4.79 Å². The van der Waals surface area contributed by atoms with E-state index in [9.17, 15) is 9.59 Å². The van der Waals surface area contributed by atoms with Gasteiger partial charge in [0.05, 0.1) is 12.0 Å². The first-order chi connectivity index (χ1) is 8.07. The molecular formula is C10H20ClN5O2. The van der Waals surface area contributed by atoms with Gasteiger partial charge in [-0.05, 0) is 12.8 Å². The fraction of sp³-hybridized carbons (Fsp3) is 0.700. The molecule has 18 heavy (non-hydrogen) atoms. The van der Waals surface area contributed by atoms with Gasteiger partial charge in [0.1, 0.15) is 5.82 Å². The number of hydrogen-bond donors (Lipinski definition) is 4. The molecule has 5 N–H and O–H groups in total. The van der Waals surface area contributed by atoms with Crippen LogP contribution in [-0.2, 0) is 11.3 Å². The van der Waals surface area contributed by atoms with Crippen LogP contribution in [0, 0.1) is 5.41 Å². The number of H-pyrrole nitrogens is 2.